The second kappa shape index (κ2) is 7.79. The van der Waals surface area contributed by atoms with E-state index in [0.717, 1.165) is 16.5 Å². The van der Waals surface area contributed by atoms with Crippen molar-refractivity contribution in [3.63, 3.8) is 0 Å². The van der Waals surface area contributed by atoms with Gasteiger partial charge in [-0.15, -0.1) is 0 Å². The molecule has 2 heterocycles. The van der Waals surface area contributed by atoms with Crippen molar-refractivity contribution < 1.29 is 4.52 Å². The van der Waals surface area contributed by atoms with Crippen LogP contribution in [0.5, 0.6) is 0 Å². The first-order valence-corrected chi connectivity index (χ1v) is 10.1. The van der Waals surface area contributed by atoms with E-state index in [1.165, 1.54) is 4.57 Å². The van der Waals surface area contributed by atoms with E-state index in [1.54, 1.807) is 18.2 Å². The van der Waals surface area contributed by atoms with E-state index in [1.807, 2.05) is 24.3 Å². The summed E-state index contributed by atoms with van der Waals surface area (Å²) in [4.78, 5) is 32.3. The number of hydrogen-bond acceptors (Lipinski definition) is 5. The Morgan fingerprint density at radius 3 is 2.55 bits per heavy atom. The van der Waals surface area contributed by atoms with Crippen LogP contribution in [0.15, 0.2) is 61.0 Å². The number of nitrogens with one attached hydrogen (secondary N) is 1. The van der Waals surface area contributed by atoms with Crippen molar-refractivity contribution in [2.24, 2.45) is 5.92 Å². The largest absolute Gasteiger partial charge is 0.334 e. The van der Waals surface area contributed by atoms with Crippen LogP contribution in [0.2, 0.25) is 0 Å². The summed E-state index contributed by atoms with van der Waals surface area (Å²) in [5.41, 5.74) is 1.19. The summed E-state index contributed by atoms with van der Waals surface area (Å²) in [5, 5.41) is 4.47. The number of fused-ring (bicyclic) bond motifs is 1. The number of benzene rings is 2. The van der Waals surface area contributed by atoms with Gasteiger partial charge in [-0.05, 0) is 54.8 Å². The highest BCUT2D eigenvalue weighted by Gasteiger charge is 2.14. The molecule has 2 aromatic heterocycles. The monoisotopic (exact) mass is 454 g/mol. The van der Waals surface area contributed by atoms with Crippen LogP contribution in [0, 0.1) is 5.92 Å². The van der Waals surface area contributed by atoms with Gasteiger partial charge in [0.25, 0.3) is 11.4 Å². The van der Waals surface area contributed by atoms with Gasteiger partial charge in [0, 0.05) is 22.1 Å². The van der Waals surface area contributed by atoms with Gasteiger partial charge in [0.1, 0.15) is 0 Å². The summed E-state index contributed by atoms with van der Waals surface area (Å²) in [6.45, 7) is 4.50. The van der Waals surface area contributed by atoms with Gasteiger partial charge in [-0.1, -0.05) is 34.9 Å². The minimum atomic E-state index is -0.415. The lowest BCUT2D eigenvalue weighted by Gasteiger charge is -2.08. The third kappa shape index (κ3) is 3.93. The number of aromatic amines is 1. The Labute approximate surface area is 174 Å². The standard InChI is InChI=1S/C21H19BrN4O3/c1-12(2)9-10-26-20(27)16-8-5-14(11-17(16)23-21(26)28)19-24-18(25-29-19)13-3-6-15(22)7-4-13/h3-8,11-12H,9-10H2,1-2H3,(H,23,28). The molecule has 0 spiro atoms. The molecule has 0 aliphatic carbocycles. The van der Waals surface area contributed by atoms with Crippen molar-refractivity contribution in [3.8, 4) is 22.8 Å². The molecule has 8 heteroatoms. The predicted molar refractivity (Wildman–Crippen MR) is 115 cm³/mol. The number of rotatable bonds is 5. The first-order valence-electron chi connectivity index (χ1n) is 9.29. The van der Waals surface area contributed by atoms with Gasteiger partial charge < -0.3 is 9.51 Å². The number of hydrogen-bond donors (Lipinski definition) is 1. The van der Waals surface area contributed by atoms with Crippen molar-refractivity contribution >= 4 is 26.8 Å². The summed E-state index contributed by atoms with van der Waals surface area (Å²) < 4.78 is 7.60. The molecule has 7 nitrogen and oxygen atoms in total. The van der Waals surface area contributed by atoms with Gasteiger partial charge in [0.2, 0.25) is 5.82 Å². The normalized spacial score (nSPS) is 11.4. The minimum absolute atomic E-state index is 0.294. The lowest BCUT2D eigenvalue weighted by atomic mass is 10.1. The Bertz CT molecular complexity index is 1290. The molecular weight excluding hydrogens is 436 g/mol. The number of nitrogens with zero attached hydrogens (tertiary/aromatic N) is 3. The van der Waals surface area contributed by atoms with Crippen LogP contribution < -0.4 is 11.2 Å². The average Bonchev–Trinajstić information content (AvgIpc) is 3.18. The van der Waals surface area contributed by atoms with E-state index in [-0.39, 0.29) is 5.56 Å². The summed E-state index contributed by atoms with van der Waals surface area (Å²) >= 11 is 3.40. The molecule has 0 saturated carbocycles. The predicted octanol–water partition coefficient (Wildman–Crippen LogP) is 4.22. The smallest absolute Gasteiger partial charge is 0.328 e. The highest BCUT2D eigenvalue weighted by molar-refractivity contribution is 9.10. The molecule has 0 amide bonds. The lowest BCUT2D eigenvalue weighted by molar-refractivity contribution is 0.432. The molecule has 0 saturated heterocycles. The third-order valence-corrected chi connectivity index (χ3v) is 5.22. The van der Waals surface area contributed by atoms with Crippen LogP contribution in [0.25, 0.3) is 33.7 Å². The second-order valence-electron chi connectivity index (χ2n) is 7.26. The van der Waals surface area contributed by atoms with Crippen molar-refractivity contribution in [2.75, 3.05) is 0 Å². The van der Waals surface area contributed by atoms with Gasteiger partial charge in [0.15, 0.2) is 0 Å². The van der Waals surface area contributed by atoms with E-state index >= 15 is 0 Å². The molecule has 0 atom stereocenters. The Hall–Kier alpha value is -3.00. The highest BCUT2D eigenvalue weighted by atomic mass is 79.9. The summed E-state index contributed by atoms with van der Waals surface area (Å²) in [6.07, 6.45) is 0.757. The van der Waals surface area contributed by atoms with Crippen molar-refractivity contribution in [1.82, 2.24) is 19.7 Å². The van der Waals surface area contributed by atoms with E-state index in [4.69, 9.17) is 4.52 Å². The van der Waals surface area contributed by atoms with E-state index in [9.17, 15) is 9.59 Å². The molecule has 0 fully saturated rings. The molecule has 148 valence electrons. The van der Waals surface area contributed by atoms with Crippen molar-refractivity contribution in [1.29, 1.82) is 0 Å². The molecule has 0 aliphatic heterocycles. The maximum Gasteiger partial charge on any atom is 0.328 e. The van der Waals surface area contributed by atoms with Crippen LogP contribution in [-0.2, 0) is 6.54 Å². The zero-order valence-corrected chi connectivity index (χ0v) is 17.6. The molecule has 29 heavy (non-hydrogen) atoms. The molecule has 4 aromatic rings. The maximum atomic E-state index is 12.7. The fourth-order valence-corrected chi connectivity index (χ4v) is 3.30. The van der Waals surface area contributed by atoms with Crippen LogP contribution >= 0.6 is 15.9 Å². The second-order valence-corrected chi connectivity index (χ2v) is 8.18. The lowest BCUT2D eigenvalue weighted by Crippen LogP contribution is -2.35. The van der Waals surface area contributed by atoms with Crippen molar-refractivity contribution in [2.45, 2.75) is 26.8 Å². The number of H-pyrrole nitrogens is 1. The van der Waals surface area contributed by atoms with Gasteiger partial charge in [0.05, 0.1) is 10.9 Å². The first kappa shape index (κ1) is 19.3. The number of halogens is 1. The summed E-state index contributed by atoms with van der Waals surface area (Å²) in [5.74, 6) is 1.18. The summed E-state index contributed by atoms with van der Waals surface area (Å²) in [7, 11) is 0. The quantitative estimate of drug-likeness (QED) is 0.487. The van der Waals surface area contributed by atoms with Crippen LogP contribution in [-0.4, -0.2) is 19.7 Å². The topological polar surface area (TPSA) is 93.8 Å². The van der Waals surface area contributed by atoms with Crippen LogP contribution in [0.1, 0.15) is 20.3 Å². The Kier molecular flexibility index (Phi) is 5.19. The van der Waals surface area contributed by atoms with Gasteiger partial charge in [-0.3, -0.25) is 9.36 Å². The molecule has 0 radical (unpaired) electrons. The van der Waals surface area contributed by atoms with Crippen LogP contribution in [0.3, 0.4) is 0 Å². The molecule has 0 unspecified atom stereocenters. The fraction of sp³-hybridized carbons (Fsp3) is 0.238. The Morgan fingerprint density at radius 1 is 1.10 bits per heavy atom. The molecular formula is C21H19BrN4O3. The van der Waals surface area contributed by atoms with E-state index < -0.39 is 5.69 Å². The van der Waals surface area contributed by atoms with E-state index in [0.29, 0.717) is 40.6 Å². The first-order chi connectivity index (χ1) is 13.9. The molecule has 1 N–H and O–H groups in total. The Balaban J connectivity index is 1.71. The Morgan fingerprint density at radius 2 is 1.83 bits per heavy atom. The van der Waals surface area contributed by atoms with E-state index in [2.05, 4.69) is 44.9 Å². The number of aromatic nitrogens is 4. The highest BCUT2D eigenvalue weighted by Crippen LogP contribution is 2.24. The van der Waals surface area contributed by atoms with Gasteiger partial charge in [-0.2, -0.15) is 4.98 Å². The third-order valence-electron chi connectivity index (χ3n) is 4.69. The zero-order chi connectivity index (χ0) is 20.5. The average molecular weight is 455 g/mol. The SMILES string of the molecule is CC(C)CCn1c(=O)[nH]c2cc(-c3nc(-c4ccc(Br)cc4)no3)ccc2c1=O. The molecule has 0 aliphatic rings. The summed E-state index contributed by atoms with van der Waals surface area (Å²) in [6, 6.07) is 12.7. The molecule has 0 bridgehead atoms. The maximum absolute atomic E-state index is 12.7. The van der Waals surface area contributed by atoms with Crippen LogP contribution in [0.4, 0.5) is 0 Å². The fourth-order valence-electron chi connectivity index (χ4n) is 3.03. The van der Waals surface area contributed by atoms with Crippen molar-refractivity contribution in [3.05, 3.63) is 67.8 Å². The molecule has 4 rings (SSSR count). The van der Waals surface area contributed by atoms with Gasteiger partial charge in [-0.25, -0.2) is 4.79 Å². The minimum Gasteiger partial charge on any atom is -0.334 e. The van der Waals surface area contributed by atoms with Gasteiger partial charge >= 0.3 is 5.69 Å². The zero-order valence-electron chi connectivity index (χ0n) is 16.0. The molecule has 2 aromatic carbocycles.